The van der Waals surface area contributed by atoms with Crippen LogP contribution in [0.3, 0.4) is 0 Å². The Kier molecular flexibility index (Phi) is 6.66. The number of allylic oxidation sites excluding steroid dienone is 1. The predicted octanol–water partition coefficient (Wildman–Crippen LogP) is 1.30. The molecule has 1 aliphatic rings. The summed E-state index contributed by atoms with van der Waals surface area (Å²) in [6.45, 7) is 8.58. The number of hydrogen-bond acceptors (Lipinski definition) is 3. The van der Waals surface area contributed by atoms with E-state index in [-0.39, 0.29) is 0 Å². The maximum Gasteiger partial charge on any atom is 0.0648 e. The zero-order valence-electron chi connectivity index (χ0n) is 9.08. The second-order valence-electron chi connectivity index (χ2n) is 3.41. The van der Waals surface area contributed by atoms with Crippen LogP contribution in [0.25, 0.3) is 0 Å². The molecule has 0 N–H and O–H groups in total. The average Bonchev–Trinajstić information content (AvgIpc) is 2.25. The Morgan fingerprint density at radius 3 is 2.79 bits per heavy atom. The quantitative estimate of drug-likeness (QED) is 0.475. The van der Waals surface area contributed by atoms with Gasteiger partial charge in [-0.3, -0.25) is 4.90 Å². The third-order valence-electron chi connectivity index (χ3n) is 2.27. The lowest BCUT2D eigenvalue weighted by Gasteiger charge is -2.26. The summed E-state index contributed by atoms with van der Waals surface area (Å²) in [5, 5.41) is 0. The fourth-order valence-corrected chi connectivity index (χ4v) is 1.40. The zero-order chi connectivity index (χ0) is 10.1. The van der Waals surface area contributed by atoms with Gasteiger partial charge in [-0.1, -0.05) is 19.1 Å². The van der Waals surface area contributed by atoms with Crippen LogP contribution in [0.5, 0.6) is 0 Å². The van der Waals surface area contributed by atoms with E-state index in [2.05, 4.69) is 24.0 Å². The summed E-state index contributed by atoms with van der Waals surface area (Å²) in [6.07, 6.45) is 5.31. The summed E-state index contributed by atoms with van der Waals surface area (Å²) in [7, 11) is 0. The molecule has 0 aromatic carbocycles. The van der Waals surface area contributed by atoms with E-state index in [0.29, 0.717) is 0 Å². The molecule has 3 nitrogen and oxygen atoms in total. The van der Waals surface area contributed by atoms with Gasteiger partial charge in [-0.25, -0.2) is 0 Å². The van der Waals surface area contributed by atoms with Crippen molar-refractivity contribution in [2.45, 2.75) is 13.3 Å². The Morgan fingerprint density at radius 1 is 1.29 bits per heavy atom. The van der Waals surface area contributed by atoms with Gasteiger partial charge in [0, 0.05) is 19.6 Å². The van der Waals surface area contributed by atoms with Gasteiger partial charge in [-0.2, -0.15) is 0 Å². The lowest BCUT2D eigenvalue weighted by molar-refractivity contribution is 0.0233. The molecule has 14 heavy (non-hydrogen) atoms. The predicted molar refractivity (Wildman–Crippen MR) is 57.5 cm³/mol. The van der Waals surface area contributed by atoms with Gasteiger partial charge >= 0.3 is 0 Å². The third-order valence-corrected chi connectivity index (χ3v) is 2.27. The highest BCUT2D eigenvalue weighted by atomic mass is 16.5. The van der Waals surface area contributed by atoms with Gasteiger partial charge in [0.25, 0.3) is 0 Å². The molecule has 0 bridgehead atoms. The Hall–Kier alpha value is -0.380. The summed E-state index contributed by atoms with van der Waals surface area (Å²) in [4.78, 5) is 2.38. The van der Waals surface area contributed by atoms with Gasteiger partial charge in [-0.05, 0) is 6.42 Å². The molecule has 0 radical (unpaired) electrons. The zero-order valence-corrected chi connectivity index (χ0v) is 9.08. The number of morpholine rings is 1. The van der Waals surface area contributed by atoms with E-state index in [0.717, 1.165) is 52.5 Å². The summed E-state index contributed by atoms with van der Waals surface area (Å²) in [5.41, 5.74) is 0. The van der Waals surface area contributed by atoms with Crippen molar-refractivity contribution in [1.29, 1.82) is 0 Å². The smallest absolute Gasteiger partial charge is 0.0648 e. The van der Waals surface area contributed by atoms with Gasteiger partial charge in [0.1, 0.15) is 0 Å². The molecule has 0 unspecified atom stereocenters. The first-order valence-electron chi connectivity index (χ1n) is 5.46. The second-order valence-corrected chi connectivity index (χ2v) is 3.41. The van der Waals surface area contributed by atoms with Gasteiger partial charge in [0.15, 0.2) is 0 Å². The number of nitrogens with zero attached hydrogens (tertiary/aromatic N) is 1. The van der Waals surface area contributed by atoms with Crippen LogP contribution in [0, 0.1) is 0 Å². The highest BCUT2D eigenvalue weighted by Gasteiger charge is 2.08. The molecule has 1 aliphatic heterocycles. The molecule has 1 heterocycles. The van der Waals surface area contributed by atoms with E-state index in [4.69, 9.17) is 9.47 Å². The molecule has 0 atom stereocenters. The summed E-state index contributed by atoms with van der Waals surface area (Å²) in [6, 6.07) is 0. The summed E-state index contributed by atoms with van der Waals surface area (Å²) < 4.78 is 10.7. The molecule has 0 aliphatic carbocycles. The minimum atomic E-state index is 0.748. The highest BCUT2D eigenvalue weighted by molar-refractivity contribution is 4.79. The first kappa shape index (κ1) is 11.7. The molecule has 82 valence electrons. The fourth-order valence-electron chi connectivity index (χ4n) is 1.40. The van der Waals surface area contributed by atoms with Gasteiger partial charge < -0.3 is 9.47 Å². The van der Waals surface area contributed by atoms with E-state index in [1.165, 1.54) is 0 Å². The van der Waals surface area contributed by atoms with Crippen LogP contribution < -0.4 is 0 Å². The maximum absolute atomic E-state index is 5.47. The molecule has 0 aromatic rings. The van der Waals surface area contributed by atoms with Crippen LogP contribution in [0.4, 0.5) is 0 Å². The SMILES string of the molecule is CC/C=C/COCCN1CCOCC1. The summed E-state index contributed by atoms with van der Waals surface area (Å²) >= 11 is 0. The Labute approximate surface area is 86.7 Å². The molecule has 3 heteroatoms. The summed E-state index contributed by atoms with van der Waals surface area (Å²) in [5.74, 6) is 0. The molecule has 0 saturated carbocycles. The Balaban J connectivity index is 1.89. The molecule has 0 spiro atoms. The monoisotopic (exact) mass is 199 g/mol. The lowest BCUT2D eigenvalue weighted by Crippen LogP contribution is -2.38. The van der Waals surface area contributed by atoms with Crippen molar-refractivity contribution in [3.63, 3.8) is 0 Å². The molecule has 1 saturated heterocycles. The van der Waals surface area contributed by atoms with Crippen molar-refractivity contribution in [1.82, 2.24) is 4.90 Å². The molecule has 1 fully saturated rings. The van der Waals surface area contributed by atoms with Crippen molar-refractivity contribution in [3.05, 3.63) is 12.2 Å². The minimum Gasteiger partial charge on any atom is -0.379 e. The van der Waals surface area contributed by atoms with Crippen LogP contribution in [0.1, 0.15) is 13.3 Å². The van der Waals surface area contributed by atoms with Crippen LogP contribution in [-0.2, 0) is 9.47 Å². The van der Waals surface area contributed by atoms with Crippen LogP contribution >= 0.6 is 0 Å². The Bertz CT molecular complexity index is 153. The Morgan fingerprint density at radius 2 is 2.07 bits per heavy atom. The topological polar surface area (TPSA) is 21.7 Å². The molecule has 0 amide bonds. The number of hydrogen-bond donors (Lipinski definition) is 0. The number of rotatable bonds is 6. The number of ether oxygens (including phenoxy) is 2. The first-order chi connectivity index (χ1) is 6.93. The van der Waals surface area contributed by atoms with E-state index in [1.54, 1.807) is 0 Å². The maximum atomic E-state index is 5.47. The lowest BCUT2D eigenvalue weighted by atomic mass is 10.4. The van der Waals surface area contributed by atoms with E-state index < -0.39 is 0 Å². The first-order valence-corrected chi connectivity index (χ1v) is 5.46. The van der Waals surface area contributed by atoms with Gasteiger partial charge in [0.2, 0.25) is 0 Å². The molecular weight excluding hydrogens is 178 g/mol. The third kappa shape index (κ3) is 5.37. The van der Waals surface area contributed by atoms with Crippen LogP contribution in [-0.4, -0.2) is 51.0 Å². The van der Waals surface area contributed by atoms with Crippen molar-refractivity contribution < 1.29 is 9.47 Å². The van der Waals surface area contributed by atoms with Crippen molar-refractivity contribution in [3.8, 4) is 0 Å². The molecular formula is C11H21NO2. The van der Waals surface area contributed by atoms with Crippen molar-refractivity contribution >= 4 is 0 Å². The van der Waals surface area contributed by atoms with Crippen LogP contribution in [0.2, 0.25) is 0 Å². The molecule has 0 aromatic heterocycles. The van der Waals surface area contributed by atoms with E-state index in [1.807, 2.05) is 0 Å². The molecule has 1 rings (SSSR count). The second kappa shape index (κ2) is 7.97. The largest absolute Gasteiger partial charge is 0.379 e. The van der Waals surface area contributed by atoms with Gasteiger partial charge in [-0.15, -0.1) is 0 Å². The van der Waals surface area contributed by atoms with Crippen molar-refractivity contribution in [2.75, 3.05) is 46.1 Å². The average molecular weight is 199 g/mol. The van der Waals surface area contributed by atoms with Crippen molar-refractivity contribution in [2.24, 2.45) is 0 Å². The highest BCUT2D eigenvalue weighted by Crippen LogP contribution is 1.95. The minimum absolute atomic E-state index is 0.748. The van der Waals surface area contributed by atoms with Crippen LogP contribution in [0.15, 0.2) is 12.2 Å². The standard InChI is InChI=1S/C11H21NO2/c1-2-3-4-8-13-9-5-12-6-10-14-11-7-12/h3-4H,2,5-11H2,1H3/b4-3+. The fraction of sp³-hybridized carbons (Fsp3) is 0.818. The van der Waals surface area contributed by atoms with E-state index >= 15 is 0 Å². The van der Waals surface area contributed by atoms with Gasteiger partial charge in [0.05, 0.1) is 26.4 Å². The normalized spacial score (nSPS) is 19.2. The van der Waals surface area contributed by atoms with E-state index in [9.17, 15) is 0 Å².